The van der Waals surface area contributed by atoms with Gasteiger partial charge in [-0.3, -0.25) is 0 Å². The average molecular weight is 589 g/mol. The van der Waals surface area contributed by atoms with Crippen LogP contribution in [0.1, 0.15) is 2.85 Å². The third-order valence-electron chi connectivity index (χ3n) is 7.83. The molecule has 0 aliphatic carbocycles. The summed E-state index contributed by atoms with van der Waals surface area (Å²) in [4.78, 5) is 0. The van der Waals surface area contributed by atoms with Crippen LogP contribution in [0, 0.1) is 0 Å². The summed E-state index contributed by atoms with van der Waals surface area (Å²) in [7, 11) is -1.50. The van der Waals surface area contributed by atoms with Crippen molar-refractivity contribution in [1.29, 1.82) is 0 Å². The average Bonchev–Trinajstić information content (AvgIpc) is 2.99. The number of benzene rings is 8. The van der Waals surface area contributed by atoms with Gasteiger partial charge in [-0.05, 0) is 90.3 Å². The summed E-state index contributed by atoms with van der Waals surface area (Å²) in [6, 6.07) is 45.6. The van der Waals surface area contributed by atoms with Crippen molar-refractivity contribution in [3.63, 3.8) is 0 Å². The van der Waals surface area contributed by atoms with Crippen molar-refractivity contribution in [2.45, 2.75) is 0 Å². The molecule has 0 aliphatic heterocycles. The van der Waals surface area contributed by atoms with E-state index in [-0.39, 0.29) is 92.2 Å². The normalized spacial score (nSPS) is 10.8. The maximum atomic E-state index is 11.1. The number of rotatable bonds is 4. The maximum Gasteiger partial charge on any atom is 1.00 e. The molecule has 0 bridgehead atoms. The van der Waals surface area contributed by atoms with Crippen molar-refractivity contribution in [3.8, 4) is 11.5 Å². The Bertz CT molecular complexity index is 2130. The molecule has 43 heavy (non-hydrogen) atoms. The van der Waals surface area contributed by atoms with Gasteiger partial charge in [0.25, 0.3) is 0 Å². The summed E-state index contributed by atoms with van der Waals surface area (Å²) in [5.74, 6) is 1.14. The third-order valence-corrected chi connectivity index (χ3v) is 7.83. The molecule has 195 valence electrons. The van der Waals surface area contributed by atoms with Gasteiger partial charge in [-0.25, -0.2) is 0 Å². The van der Waals surface area contributed by atoms with Crippen LogP contribution in [0.5, 0.6) is 11.5 Å². The number of hydrogen-bond acceptors (Lipinski definition) is 3. The van der Waals surface area contributed by atoms with E-state index < -0.39 is 7.32 Å². The van der Waals surface area contributed by atoms with Crippen LogP contribution in [0.25, 0.3) is 64.6 Å². The van der Waals surface area contributed by atoms with Gasteiger partial charge in [0.2, 0.25) is 0 Å². The molecule has 0 saturated carbocycles. The molecule has 0 heterocycles. The molecule has 1 N–H and O–H groups in total. The minimum absolute atomic E-state index is 0. The Morgan fingerprint density at radius 3 is 1.21 bits per heavy atom. The van der Waals surface area contributed by atoms with Crippen molar-refractivity contribution in [2.24, 2.45) is 0 Å². The molecule has 0 aromatic heterocycles. The molecule has 8 aromatic rings. The van der Waals surface area contributed by atoms with Crippen LogP contribution in [0.15, 0.2) is 133 Å². The van der Waals surface area contributed by atoms with Crippen LogP contribution in [0.3, 0.4) is 0 Å². The van der Waals surface area contributed by atoms with Gasteiger partial charge in [-0.15, -0.1) is 0 Å². The molecule has 0 unspecified atom stereocenters. The molecule has 3 nitrogen and oxygen atoms in total. The monoisotopic (exact) mass is 589 g/mol. The Morgan fingerprint density at radius 2 is 0.791 bits per heavy atom. The molecule has 3 radical (unpaired) electrons. The minimum atomic E-state index is -1.50. The summed E-state index contributed by atoms with van der Waals surface area (Å²) < 4.78 is 12.2. The second-order valence-electron chi connectivity index (χ2n) is 10.2. The van der Waals surface area contributed by atoms with Gasteiger partial charge in [0, 0.05) is 19.2 Å². The third kappa shape index (κ3) is 5.89. The van der Waals surface area contributed by atoms with Gasteiger partial charge in [0.1, 0.15) is 11.5 Å². The summed E-state index contributed by atoms with van der Waals surface area (Å²) in [6.45, 7) is 0. The predicted octanol–water partition coefficient (Wildman–Crippen LogP) is 2.89. The van der Waals surface area contributed by atoms with E-state index in [0.717, 1.165) is 53.9 Å². The van der Waals surface area contributed by atoms with E-state index in [2.05, 4.69) is 97.1 Å². The Balaban J connectivity index is 0.00000110. The molecule has 0 amide bonds. The van der Waals surface area contributed by atoms with Crippen LogP contribution in [0.4, 0.5) is 0 Å². The molecule has 8 rings (SSSR count). The van der Waals surface area contributed by atoms with Crippen molar-refractivity contribution >= 4 is 80.4 Å². The molecule has 8 aromatic carbocycles. The molecule has 0 atom stereocenters. The van der Waals surface area contributed by atoms with Crippen LogP contribution in [0.2, 0.25) is 0 Å². The number of hydrogen-bond donors (Lipinski definition) is 1. The molecular formula is C36H25B2KNaO3. The summed E-state index contributed by atoms with van der Waals surface area (Å²) in [5.41, 5.74) is 0. The van der Waals surface area contributed by atoms with E-state index >= 15 is 0 Å². The van der Waals surface area contributed by atoms with Crippen molar-refractivity contribution in [3.05, 3.63) is 133 Å². The fraction of sp³-hybridized carbons (Fsp3) is 0. The van der Waals surface area contributed by atoms with Crippen molar-refractivity contribution in [1.82, 2.24) is 0 Å². The van der Waals surface area contributed by atoms with Gasteiger partial charge in [-0.1, -0.05) is 97.1 Å². The van der Waals surface area contributed by atoms with Crippen LogP contribution in [-0.4, -0.2) is 20.8 Å². The Labute approximate surface area is 319 Å². The van der Waals surface area contributed by atoms with Gasteiger partial charge < -0.3 is 17.2 Å². The van der Waals surface area contributed by atoms with Gasteiger partial charge in [0.15, 0.2) is 0 Å². The summed E-state index contributed by atoms with van der Waals surface area (Å²) in [6.07, 6.45) is 0. The molecule has 0 saturated heterocycles. The smallest absolute Gasteiger partial charge is 1.00 e. The van der Waals surface area contributed by atoms with Crippen LogP contribution in [-0.2, 0) is 0 Å². The maximum absolute atomic E-state index is 11.1. The second-order valence-corrected chi connectivity index (χ2v) is 10.2. The topological polar surface area (TPSA) is 38.7 Å². The predicted molar refractivity (Wildman–Crippen MR) is 175 cm³/mol. The summed E-state index contributed by atoms with van der Waals surface area (Å²) in [5, 5.41) is 24.2. The van der Waals surface area contributed by atoms with E-state index in [4.69, 9.17) is 9.31 Å². The zero-order valence-corrected chi connectivity index (χ0v) is 29.2. The fourth-order valence-corrected chi connectivity index (χ4v) is 5.97. The first-order valence-corrected chi connectivity index (χ1v) is 13.4. The minimum Gasteiger partial charge on any atom is -1.00 e. The Hall–Kier alpha value is -2.35. The molecule has 0 aliphatic rings. The summed E-state index contributed by atoms with van der Waals surface area (Å²) >= 11 is 0. The van der Waals surface area contributed by atoms with Crippen molar-refractivity contribution < 1.29 is 98.1 Å². The fourth-order valence-electron chi connectivity index (χ4n) is 5.97. The quantitative estimate of drug-likeness (QED) is 0.195. The number of fused-ring (bicyclic) bond motifs is 8. The first-order valence-electron chi connectivity index (χ1n) is 13.4. The molecular weight excluding hydrogens is 564 g/mol. The van der Waals surface area contributed by atoms with Crippen LogP contribution >= 0.6 is 0 Å². The van der Waals surface area contributed by atoms with E-state index in [1.165, 1.54) is 10.8 Å². The van der Waals surface area contributed by atoms with Crippen LogP contribution < -0.4 is 90.3 Å². The van der Waals surface area contributed by atoms with Gasteiger partial charge >= 0.3 is 88.3 Å². The van der Waals surface area contributed by atoms with Gasteiger partial charge in [0.05, 0.1) is 0 Å². The zero-order chi connectivity index (χ0) is 26.6. The second kappa shape index (κ2) is 13.3. The van der Waals surface area contributed by atoms with Crippen molar-refractivity contribution in [2.75, 3.05) is 0 Å². The molecule has 0 fully saturated rings. The SMILES string of the molecule is OB(Oc1cccc2ccc3cc4ccccc4cc3c12)Oc1cccc2ccc3cc4ccccc4cc3c12.[B].[H-].[H-].[K+].[Na+]. The van der Waals surface area contributed by atoms with E-state index in [1.54, 1.807) is 0 Å². The molecule has 0 spiro atoms. The standard InChI is InChI=1S/C36H23BO3.B.K.Na.2H/c38-37(39-33-13-5-11-23-15-17-29-19-25-7-1-3-9-27(25)21-31(29)35(23)33)40-34-14-6-12-24-16-18-30-20-26-8-2-4-10-28(26)22-32(30)36(24)34;;;;;/h1-22,38H;;;;;/q;;2*+1;2*-1. The zero-order valence-electron chi connectivity index (χ0n) is 26.1. The van der Waals surface area contributed by atoms with E-state index in [1.807, 2.05) is 36.4 Å². The van der Waals surface area contributed by atoms with E-state index in [0.29, 0.717) is 11.5 Å². The van der Waals surface area contributed by atoms with Gasteiger partial charge in [-0.2, -0.15) is 0 Å². The Morgan fingerprint density at radius 1 is 0.442 bits per heavy atom. The first kappa shape index (κ1) is 32.1. The first-order chi connectivity index (χ1) is 19.7. The molecule has 7 heteroatoms. The Kier molecular flexibility index (Phi) is 9.94. The largest absolute Gasteiger partial charge is 1.00 e. The van der Waals surface area contributed by atoms with E-state index in [9.17, 15) is 5.02 Å².